The summed E-state index contributed by atoms with van der Waals surface area (Å²) in [7, 11) is 0. The Bertz CT molecular complexity index is 515. The minimum absolute atomic E-state index is 0.0370. The zero-order valence-electron chi connectivity index (χ0n) is 11.5. The molecular weight excluding hydrogens is 242 g/mol. The van der Waals surface area contributed by atoms with Crippen molar-refractivity contribution in [1.82, 2.24) is 4.57 Å². The Hall–Kier alpha value is -1.36. The van der Waals surface area contributed by atoms with Gasteiger partial charge in [0.1, 0.15) is 0 Å². The standard InChI is InChI=1S/C15H21NO3/c1-3-18-14(19-4-2)10-16-9-8-12-6-5-7-13(11-17)15(12)16/h5-9,14,17H,3-4,10-11H2,1-2H3. The van der Waals surface area contributed by atoms with Gasteiger partial charge >= 0.3 is 0 Å². The molecule has 0 saturated carbocycles. The van der Waals surface area contributed by atoms with Crippen molar-refractivity contribution < 1.29 is 14.6 Å². The lowest BCUT2D eigenvalue weighted by molar-refractivity contribution is -0.143. The van der Waals surface area contributed by atoms with Crippen LogP contribution in [0.5, 0.6) is 0 Å². The van der Waals surface area contributed by atoms with Crippen molar-refractivity contribution >= 4 is 10.9 Å². The van der Waals surface area contributed by atoms with Gasteiger partial charge in [0.2, 0.25) is 0 Å². The van der Waals surface area contributed by atoms with Gasteiger partial charge in [0.25, 0.3) is 0 Å². The van der Waals surface area contributed by atoms with Crippen LogP contribution in [0.3, 0.4) is 0 Å². The smallest absolute Gasteiger partial charge is 0.175 e. The highest BCUT2D eigenvalue weighted by Gasteiger charge is 2.12. The highest BCUT2D eigenvalue weighted by molar-refractivity contribution is 5.83. The van der Waals surface area contributed by atoms with Gasteiger partial charge in [-0.3, -0.25) is 0 Å². The van der Waals surface area contributed by atoms with Gasteiger partial charge in [0.15, 0.2) is 6.29 Å². The van der Waals surface area contributed by atoms with Crippen LogP contribution in [0.2, 0.25) is 0 Å². The van der Waals surface area contributed by atoms with Crippen LogP contribution < -0.4 is 0 Å². The Morgan fingerprint density at radius 1 is 1.16 bits per heavy atom. The summed E-state index contributed by atoms with van der Waals surface area (Å²) >= 11 is 0. The lowest BCUT2D eigenvalue weighted by Gasteiger charge is -2.18. The number of aromatic nitrogens is 1. The van der Waals surface area contributed by atoms with Crippen LogP contribution in [-0.2, 0) is 22.6 Å². The molecule has 0 saturated heterocycles. The van der Waals surface area contributed by atoms with E-state index in [-0.39, 0.29) is 12.9 Å². The third kappa shape index (κ3) is 3.15. The Balaban J connectivity index is 2.28. The molecule has 1 heterocycles. The fraction of sp³-hybridized carbons (Fsp3) is 0.467. The number of hydrogen-bond donors (Lipinski definition) is 1. The van der Waals surface area contributed by atoms with Crippen molar-refractivity contribution in [3.8, 4) is 0 Å². The Morgan fingerprint density at radius 2 is 1.89 bits per heavy atom. The van der Waals surface area contributed by atoms with Crippen molar-refractivity contribution in [3.05, 3.63) is 36.0 Å². The van der Waals surface area contributed by atoms with Gasteiger partial charge in [0, 0.05) is 25.0 Å². The van der Waals surface area contributed by atoms with E-state index in [2.05, 4.69) is 4.57 Å². The number of para-hydroxylation sites is 1. The maximum absolute atomic E-state index is 9.44. The average molecular weight is 263 g/mol. The molecule has 19 heavy (non-hydrogen) atoms. The van der Waals surface area contributed by atoms with Crippen LogP contribution in [0.25, 0.3) is 10.9 Å². The minimum Gasteiger partial charge on any atom is -0.392 e. The Morgan fingerprint density at radius 3 is 2.53 bits per heavy atom. The van der Waals surface area contributed by atoms with Crippen molar-refractivity contribution in [2.45, 2.75) is 33.3 Å². The van der Waals surface area contributed by atoms with E-state index in [9.17, 15) is 5.11 Å². The maximum Gasteiger partial charge on any atom is 0.175 e. The van der Waals surface area contributed by atoms with E-state index in [0.717, 1.165) is 16.5 Å². The zero-order valence-corrected chi connectivity index (χ0v) is 11.5. The second kappa shape index (κ2) is 6.70. The first kappa shape index (κ1) is 14.1. The third-order valence-electron chi connectivity index (χ3n) is 3.09. The molecule has 1 aromatic carbocycles. The van der Waals surface area contributed by atoms with Crippen molar-refractivity contribution in [3.63, 3.8) is 0 Å². The molecule has 0 amide bonds. The van der Waals surface area contributed by atoms with E-state index in [1.807, 2.05) is 44.3 Å². The van der Waals surface area contributed by atoms with Gasteiger partial charge < -0.3 is 19.1 Å². The molecule has 0 aliphatic carbocycles. The Kier molecular flexibility index (Phi) is 4.96. The predicted octanol–water partition coefficient (Wildman–Crippen LogP) is 2.53. The first-order valence-electron chi connectivity index (χ1n) is 6.71. The summed E-state index contributed by atoms with van der Waals surface area (Å²) in [6.07, 6.45) is 1.76. The van der Waals surface area contributed by atoms with E-state index >= 15 is 0 Å². The van der Waals surface area contributed by atoms with Crippen LogP contribution in [-0.4, -0.2) is 29.2 Å². The molecule has 1 aromatic heterocycles. The number of fused-ring (bicyclic) bond motifs is 1. The number of rotatable bonds is 7. The summed E-state index contributed by atoms with van der Waals surface area (Å²) in [6, 6.07) is 7.99. The van der Waals surface area contributed by atoms with E-state index in [0.29, 0.717) is 19.8 Å². The summed E-state index contributed by atoms with van der Waals surface area (Å²) in [6.45, 7) is 5.82. The molecule has 0 aliphatic heterocycles. The van der Waals surface area contributed by atoms with Gasteiger partial charge in [-0.05, 0) is 25.3 Å². The molecule has 0 unspecified atom stereocenters. The molecule has 0 fully saturated rings. The van der Waals surface area contributed by atoms with Crippen LogP contribution in [0.1, 0.15) is 19.4 Å². The van der Waals surface area contributed by atoms with Crippen LogP contribution in [0, 0.1) is 0 Å². The monoisotopic (exact) mass is 263 g/mol. The molecule has 1 N–H and O–H groups in total. The number of aliphatic hydroxyl groups excluding tert-OH is 1. The summed E-state index contributed by atoms with van der Waals surface area (Å²) in [5.41, 5.74) is 1.98. The second-order valence-corrected chi connectivity index (χ2v) is 4.32. The molecule has 2 rings (SSSR count). The highest BCUT2D eigenvalue weighted by atomic mass is 16.7. The molecule has 0 atom stereocenters. The zero-order chi connectivity index (χ0) is 13.7. The second-order valence-electron chi connectivity index (χ2n) is 4.32. The van der Waals surface area contributed by atoms with Crippen LogP contribution in [0.4, 0.5) is 0 Å². The highest BCUT2D eigenvalue weighted by Crippen LogP contribution is 2.21. The lowest BCUT2D eigenvalue weighted by atomic mass is 10.1. The van der Waals surface area contributed by atoms with Gasteiger partial charge in [-0.15, -0.1) is 0 Å². The van der Waals surface area contributed by atoms with E-state index < -0.39 is 0 Å². The van der Waals surface area contributed by atoms with Gasteiger partial charge in [-0.25, -0.2) is 0 Å². The fourth-order valence-electron chi connectivity index (χ4n) is 2.31. The van der Waals surface area contributed by atoms with Gasteiger partial charge in [0.05, 0.1) is 18.7 Å². The molecule has 0 radical (unpaired) electrons. The average Bonchev–Trinajstić information content (AvgIpc) is 2.83. The molecule has 4 heteroatoms. The van der Waals surface area contributed by atoms with Crippen molar-refractivity contribution in [1.29, 1.82) is 0 Å². The summed E-state index contributed by atoms with van der Waals surface area (Å²) < 4.78 is 13.2. The number of aliphatic hydroxyl groups is 1. The largest absolute Gasteiger partial charge is 0.392 e. The van der Waals surface area contributed by atoms with E-state index in [1.165, 1.54) is 0 Å². The van der Waals surface area contributed by atoms with Crippen LogP contribution >= 0.6 is 0 Å². The van der Waals surface area contributed by atoms with Crippen LogP contribution in [0.15, 0.2) is 30.5 Å². The quantitative estimate of drug-likeness (QED) is 0.781. The molecule has 4 nitrogen and oxygen atoms in total. The SMILES string of the molecule is CCOC(Cn1ccc2cccc(CO)c21)OCC. The topological polar surface area (TPSA) is 43.6 Å². The molecule has 0 aliphatic rings. The normalized spacial score (nSPS) is 11.6. The fourth-order valence-corrected chi connectivity index (χ4v) is 2.31. The molecule has 0 bridgehead atoms. The lowest BCUT2D eigenvalue weighted by Crippen LogP contribution is -2.23. The summed E-state index contributed by atoms with van der Waals surface area (Å²) in [5.74, 6) is 0. The number of nitrogens with zero attached hydrogens (tertiary/aromatic N) is 1. The number of hydrogen-bond acceptors (Lipinski definition) is 3. The predicted molar refractivity (Wildman–Crippen MR) is 74.9 cm³/mol. The molecule has 104 valence electrons. The Labute approximate surface area is 113 Å². The van der Waals surface area contributed by atoms with E-state index in [1.54, 1.807) is 0 Å². The third-order valence-corrected chi connectivity index (χ3v) is 3.09. The first-order valence-corrected chi connectivity index (χ1v) is 6.71. The number of ether oxygens (including phenoxy) is 2. The van der Waals surface area contributed by atoms with Gasteiger partial charge in [-0.1, -0.05) is 18.2 Å². The molecule has 2 aromatic rings. The van der Waals surface area contributed by atoms with Gasteiger partial charge in [-0.2, -0.15) is 0 Å². The minimum atomic E-state index is -0.252. The van der Waals surface area contributed by atoms with Crippen molar-refractivity contribution in [2.24, 2.45) is 0 Å². The first-order chi connectivity index (χ1) is 9.30. The maximum atomic E-state index is 9.44. The number of benzene rings is 1. The van der Waals surface area contributed by atoms with Crippen molar-refractivity contribution in [2.75, 3.05) is 13.2 Å². The summed E-state index contributed by atoms with van der Waals surface area (Å²) in [5, 5.41) is 10.6. The summed E-state index contributed by atoms with van der Waals surface area (Å²) in [4.78, 5) is 0. The molecular formula is C15H21NO3. The van der Waals surface area contributed by atoms with E-state index in [4.69, 9.17) is 9.47 Å². The molecule has 0 spiro atoms.